The third-order valence-electron chi connectivity index (χ3n) is 4.76. The van der Waals surface area contributed by atoms with Crippen LogP contribution in [0.3, 0.4) is 0 Å². The molecule has 0 saturated carbocycles. The van der Waals surface area contributed by atoms with E-state index in [2.05, 4.69) is 16.0 Å². The van der Waals surface area contributed by atoms with Crippen molar-refractivity contribution >= 4 is 40.9 Å². The van der Waals surface area contributed by atoms with Crippen molar-refractivity contribution in [1.82, 2.24) is 5.32 Å². The van der Waals surface area contributed by atoms with Gasteiger partial charge in [-0.15, -0.1) is 0 Å². The lowest BCUT2D eigenvalue weighted by molar-refractivity contribution is -0.143. The van der Waals surface area contributed by atoms with Crippen molar-refractivity contribution in [1.29, 1.82) is 0 Å². The van der Waals surface area contributed by atoms with Crippen LogP contribution in [0.25, 0.3) is 0 Å². The van der Waals surface area contributed by atoms with Crippen LogP contribution in [0.4, 0.5) is 21.9 Å². The molecule has 0 aliphatic rings. The lowest BCUT2D eigenvalue weighted by Gasteiger charge is -2.28. The third-order valence-corrected chi connectivity index (χ3v) is 4.76. The number of anilines is 3. The van der Waals surface area contributed by atoms with Gasteiger partial charge < -0.3 is 21.1 Å². The number of aryl methyl sites for hydroxylation is 1. The number of carboxylic acids is 1. The first-order chi connectivity index (χ1) is 16.3. The summed E-state index contributed by atoms with van der Waals surface area (Å²) in [6.07, 6.45) is 0. The summed E-state index contributed by atoms with van der Waals surface area (Å²) < 4.78 is 0. The van der Waals surface area contributed by atoms with Crippen LogP contribution in [-0.2, 0) is 14.4 Å². The predicted octanol–water partition coefficient (Wildman–Crippen LogP) is 3.24. The monoisotopic (exact) mass is 460 g/mol. The second-order valence-corrected chi connectivity index (χ2v) is 7.37. The molecule has 0 spiro atoms. The van der Waals surface area contributed by atoms with Gasteiger partial charge in [0.1, 0.15) is 0 Å². The molecule has 4 N–H and O–H groups in total. The first-order valence-electron chi connectivity index (χ1n) is 10.4. The summed E-state index contributed by atoms with van der Waals surface area (Å²) >= 11 is 0. The Morgan fingerprint density at radius 2 is 1.44 bits per heavy atom. The Hall–Kier alpha value is -4.66. The maximum absolute atomic E-state index is 13.1. The van der Waals surface area contributed by atoms with Crippen molar-refractivity contribution in [3.8, 4) is 0 Å². The van der Waals surface area contributed by atoms with Crippen molar-refractivity contribution in [3.63, 3.8) is 0 Å². The number of amides is 4. The van der Waals surface area contributed by atoms with Gasteiger partial charge in [0.25, 0.3) is 5.91 Å². The Bertz CT molecular complexity index is 1170. The molecule has 0 bridgehead atoms. The molecular weight excluding hydrogens is 436 g/mol. The smallest absolute Gasteiger partial charge is 0.336 e. The highest BCUT2D eigenvalue weighted by Gasteiger charge is 2.37. The molecule has 9 nitrogen and oxygen atoms in total. The number of para-hydroxylation sites is 2. The van der Waals surface area contributed by atoms with Crippen molar-refractivity contribution in [3.05, 3.63) is 90.5 Å². The number of nitrogens with one attached hydrogen (secondary N) is 3. The number of carbonyl (C=O) groups excluding carboxylic acids is 3. The lowest BCUT2D eigenvalue weighted by Crippen LogP contribution is -2.55. The molecular formula is C25H24N4O5. The highest BCUT2D eigenvalue weighted by molar-refractivity contribution is 6.16. The first-order valence-corrected chi connectivity index (χ1v) is 10.4. The quantitative estimate of drug-likeness (QED) is 0.384. The zero-order valence-corrected chi connectivity index (χ0v) is 18.4. The minimum Gasteiger partial charge on any atom is -0.479 e. The van der Waals surface area contributed by atoms with Crippen LogP contribution in [0.1, 0.15) is 5.56 Å². The van der Waals surface area contributed by atoms with Gasteiger partial charge in [-0.05, 0) is 48.9 Å². The van der Waals surface area contributed by atoms with Crippen LogP contribution in [0.15, 0.2) is 84.9 Å². The number of carbonyl (C=O) groups is 4. The second-order valence-electron chi connectivity index (χ2n) is 7.37. The molecule has 3 rings (SSSR count). The fraction of sp³-hybridized carbons (Fsp3) is 0.120. The summed E-state index contributed by atoms with van der Waals surface area (Å²) in [5, 5.41) is 17.4. The van der Waals surface area contributed by atoms with Gasteiger partial charge in [-0.25, -0.2) is 9.59 Å². The molecule has 3 aromatic carbocycles. The summed E-state index contributed by atoms with van der Waals surface area (Å²) in [4.78, 5) is 51.2. The minimum absolute atomic E-state index is 0.198. The molecule has 34 heavy (non-hydrogen) atoms. The van der Waals surface area contributed by atoms with Crippen molar-refractivity contribution in [2.75, 3.05) is 22.1 Å². The minimum atomic E-state index is -1.86. The third kappa shape index (κ3) is 6.42. The van der Waals surface area contributed by atoms with Crippen LogP contribution in [0, 0.1) is 6.92 Å². The molecule has 3 aromatic rings. The van der Waals surface area contributed by atoms with Crippen LogP contribution < -0.4 is 20.9 Å². The number of rotatable bonds is 8. The molecule has 0 radical (unpaired) electrons. The first kappa shape index (κ1) is 24.0. The van der Waals surface area contributed by atoms with Crippen LogP contribution in [0.5, 0.6) is 0 Å². The Morgan fingerprint density at radius 3 is 2.06 bits per heavy atom. The summed E-state index contributed by atoms with van der Waals surface area (Å²) in [7, 11) is 0. The molecule has 1 atom stereocenters. The molecule has 0 aliphatic carbocycles. The molecule has 1 unspecified atom stereocenters. The number of aliphatic carboxylic acids is 1. The maximum atomic E-state index is 13.1. The Kier molecular flexibility index (Phi) is 7.96. The fourth-order valence-electron chi connectivity index (χ4n) is 3.24. The van der Waals surface area contributed by atoms with Gasteiger partial charge in [-0.3, -0.25) is 14.5 Å². The van der Waals surface area contributed by atoms with E-state index in [9.17, 15) is 24.3 Å². The van der Waals surface area contributed by atoms with Gasteiger partial charge >= 0.3 is 12.0 Å². The highest BCUT2D eigenvalue weighted by Crippen LogP contribution is 2.19. The molecule has 0 fully saturated rings. The van der Waals surface area contributed by atoms with Crippen LogP contribution in [-0.4, -0.2) is 41.5 Å². The van der Waals surface area contributed by atoms with E-state index in [0.717, 1.165) is 10.5 Å². The molecule has 9 heteroatoms. The van der Waals surface area contributed by atoms with Gasteiger partial charge in [0.05, 0.1) is 6.54 Å². The van der Waals surface area contributed by atoms with Gasteiger partial charge in [0, 0.05) is 17.1 Å². The Labute approximate surface area is 196 Å². The normalized spacial score (nSPS) is 11.1. The van der Waals surface area contributed by atoms with Gasteiger partial charge in [-0.2, -0.15) is 0 Å². The zero-order chi connectivity index (χ0) is 24.5. The number of hydrogen-bond donors (Lipinski definition) is 4. The average Bonchev–Trinajstić information content (AvgIpc) is 2.81. The summed E-state index contributed by atoms with van der Waals surface area (Å²) in [6.45, 7) is 1.34. The molecule has 4 amide bonds. The molecule has 0 aromatic heterocycles. The van der Waals surface area contributed by atoms with E-state index < -0.39 is 36.4 Å². The summed E-state index contributed by atoms with van der Waals surface area (Å²) in [6, 6.07) is 20.8. The van der Waals surface area contributed by atoms with Gasteiger partial charge in [0.15, 0.2) is 0 Å². The van der Waals surface area contributed by atoms with E-state index in [1.54, 1.807) is 66.7 Å². The fourth-order valence-corrected chi connectivity index (χ4v) is 3.24. The van der Waals surface area contributed by atoms with E-state index in [0.29, 0.717) is 11.4 Å². The number of hydrogen-bond acceptors (Lipinski definition) is 4. The van der Waals surface area contributed by atoms with Crippen molar-refractivity contribution in [2.24, 2.45) is 0 Å². The average molecular weight is 460 g/mol. The van der Waals surface area contributed by atoms with E-state index in [-0.39, 0.29) is 5.69 Å². The molecule has 0 heterocycles. The number of nitrogens with zero attached hydrogens (tertiary/aromatic N) is 1. The number of carboxylic acid groups (broad SMARTS) is 1. The van der Waals surface area contributed by atoms with Gasteiger partial charge in [-0.1, -0.05) is 48.5 Å². The van der Waals surface area contributed by atoms with Crippen molar-refractivity contribution in [2.45, 2.75) is 13.0 Å². The molecule has 0 saturated heterocycles. The van der Waals surface area contributed by atoms with Crippen LogP contribution >= 0.6 is 0 Å². The SMILES string of the molecule is Cc1cccc(NC(=O)NCC(=O)N(c2ccccc2)C(C(=O)O)C(=O)Nc2ccccc2)c1. The van der Waals surface area contributed by atoms with E-state index in [1.807, 2.05) is 13.0 Å². The molecule has 174 valence electrons. The molecule has 0 aliphatic heterocycles. The highest BCUT2D eigenvalue weighted by atomic mass is 16.4. The summed E-state index contributed by atoms with van der Waals surface area (Å²) in [5.41, 5.74) is 2.06. The lowest BCUT2D eigenvalue weighted by atomic mass is 10.1. The Morgan fingerprint density at radius 1 is 0.824 bits per heavy atom. The maximum Gasteiger partial charge on any atom is 0.336 e. The topological polar surface area (TPSA) is 128 Å². The standard InChI is InChI=1S/C25H24N4O5/c1-17-9-8-12-19(15-17)28-25(34)26-16-21(30)29(20-13-6-3-7-14-20)22(24(32)33)23(31)27-18-10-4-2-5-11-18/h2-15,22H,16H2,1H3,(H,27,31)(H,32,33)(H2,26,28,34). The van der Waals surface area contributed by atoms with Crippen molar-refractivity contribution < 1.29 is 24.3 Å². The van der Waals surface area contributed by atoms with E-state index >= 15 is 0 Å². The number of urea groups is 1. The van der Waals surface area contributed by atoms with Gasteiger partial charge in [0.2, 0.25) is 11.9 Å². The zero-order valence-electron chi connectivity index (χ0n) is 18.4. The van der Waals surface area contributed by atoms with E-state index in [1.165, 1.54) is 12.1 Å². The predicted molar refractivity (Wildman–Crippen MR) is 129 cm³/mol. The second kappa shape index (κ2) is 11.3. The Balaban J connectivity index is 1.78. The summed E-state index contributed by atoms with van der Waals surface area (Å²) in [5.74, 6) is -3.20. The number of benzene rings is 3. The van der Waals surface area contributed by atoms with Crippen LogP contribution in [0.2, 0.25) is 0 Å². The largest absolute Gasteiger partial charge is 0.479 e. The van der Waals surface area contributed by atoms with E-state index in [4.69, 9.17) is 0 Å².